The molecule has 1 atom stereocenters. The van der Waals surface area contributed by atoms with Crippen molar-refractivity contribution in [1.29, 1.82) is 0 Å². The molecule has 0 saturated carbocycles. The van der Waals surface area contributed by atoms with E-state index in [9.17, 15) is 5.11 Å². The molecular weight excluding hydrogens is 238 g/mol. The maximum Gasteiger partial charge on any atom is 0.123 e. The Balaban J connectivity index is 1.80. The van der Waals surface area contributed by atoms with Crippen LogP contribution >= 0.6 is 0 Å². The third-order valence-corrected chi connectivity index (χ3v) is 3.58. The van der Waals surface area contributed by atoms with Gasteiger partial charge in [-0.1, -0.05) is 12.1 Å². The lowest BCUT2D eigenvalue weighted by Gasteiger charge is -2.23. The Morgan fingerprint density at radius 2 is 2.05 bits per heavy atom. The van der Waals surface area contributed by atoms with Crippen molar-refractivity contribution in [2.45, 2.75) is 32.0 Å². The summed E-state index contributed by atoms with van der Waals surface area (Å²) in [6, 6.07) is 9.83. The third-order valence-electron chi connectivity index (χ3n) is 3.58. The number of ether oxygens (including phenoxy) is 1. The predicted molar refractivity (Wildman–Crippen MR) is 72.9 cm³/mol. The van der Waals surface area contributed by atoms with Gasteiger partial charge in [0.2, 0.25) is 0 Å². The average Bonchev–Trinajstić information content (AvgIpc) is 2.47. The molecular formula is C16H17NO2. The molecule has 0 fully saturated rings. The fraction of sp³-hybridized carbons (Fsp3) is 0.312. The number of nitrogens with zero attached hydrogens (tertiary/aromatic N) is 1. The van der Waals surface area contributed by atoms with Gasteiger partial charge >= 0.3 is 0 Å². The van der Waals surface area contributed by atoms with Crippen molar-refractivity contribution in [3.05, 3.63) is 59.4 Å². The molecule has 98 valence electrons. The molecule has 3 nitrogen and oxygen atoms in total. The molecule has 0 saturated heterocycles. The molecule has 0 radical (unpaired) electrons. The third kappa shape index (κ3) is 2.61. The monoisotopic (exact) mass is 255 g/mol. The van der Waals surface area contributed by atoms with Crippen LogP contribution in [-0.4, -0.2) is 10.1 Å². The van der Waals surface area contributed by atoms with Gasteiger partial charge in [0, 0.05) is 12.4 Å². The number of aliphatic hydroxyl groups is 1. The highest BCUT2D eigenvalue weighted by molar-refractivity contribution is 5.43. The fourth-order valence-corrected chi connectivity index (χ4v) is 2.57. The summed E-state index contributed by atoms with van der Waals surface area (Å²) in [5, 5.41) is 10.0. The molecule has 1 unspecified atom stereocenters. The van der Waals surface area contributed by atoms with Crippen LogP contribution in [0.25, 0.3) is 0 Å². The molecule has 1 aromatic heterocycles. The number of rotatable bonds is 3. The van der Waals surface area contributed by atoms with Crippen molar-refractivity contribution in [2.24, 2.45) is 0 Å². The molecule has 3 heteroatoms. The lowest BCUT2D eigenvalue weighted by Crippen LogP contribution is -2.11. The minimum Gasteiger partial charge on any atom is -0.489 e. The molecule has 3 rings (SSSR count). The molecule has 1 N–H and O–H groups in total. The van der Waals surface area contributed by atoms with Crippen LogP contribution in [-0.2, 0) is 13.0 Å². The first kappa shape index (κ1) is 12.2. The van der Waals surface area contributed by atoms with Crippen molar-refractivity contribution in [1.82, 2.24) is 4.98 Å². The summed E-state index contributed by atoms with van der Waals surface area (Å²) in [5.41, 5.74) is 3.29. The number of fused-ring (bicyclic) bond motifs is 1. The standard InChI is InChI=1S/C16H17NO2/c18-15-5-1-4-14-13(15)3-2-6-16(14)19-11-12-7-9-17-10-8-12/h2-3,6-10,15,18H,1,4-5,11H2. The Morgan fingerprint density at radius 1 is 1.21 bits per heavy atom. The minimum absolute atomic E-state index is 0.340. The summed E-state index contributed by atoms with van der Waals surface area (Å²) < 4.78 is 5.90. The molecule has 1 aliphatic carbocycles. The van der Waals surface area contributed by atoms with Crippen molar-refractivity contribution in [3.8, 4) is 5.75 Å². The molecule has 0 spiro atoms. The van der Waals surface area contributed by atoms with Crippen LogP contribution in [0.1, 0.15) is 35.6 Å². The van der Waals surface area contributed by atoms with E-state index in [0.29, 0.717) is 6.61 Å². The largest absolute Gasteiger partial charge is 0.489 e. The Morgan fingerprint density at radius 3 is 2.89 bits per heavy atom. The van der Waals surface area contributed by atoms with Crippen LogP contribution in [0.4, 0.5) is 0 Å². The van der Waals surface area contributed by atoms with Gasteiger partial charge in [-0.3, -0.25) is 4.98 Å². The average molecular weight is 255 g/mol. The summed E-state index contributed by atoms with van der Waals surface area (Å²) in [6.45, 7) is 0.537. The van der Waals surface area contributed by atoms with Crippen LogP contribution in [0.15, 0.2) is 42.7 Å². The molecule has 2 aromatic rings. The molecule has 0 amide bonds. The quantitative estimate of drug-likeness (QED) is 0.916. The van der Waals surface area contributed by atoms with E-state index >= 15 is 0 Å². The zero-order chi connectivity index (χ0) is 13.1. The van der Waals surface area contributed by atoms with Crippen molar-refractivity contribution in [3.63, 3.8) is 0 Å². The molecule has 19 heavy (non-hydrogen) atoms. The van der Waals surface area contributed by atoms with Gasteiger partial charge in [0.25, 0.3) is 0 Å². The number of hydrogen-bond donors (Lipinski definition) is 1. The van der Waals surface area contributed by atoms with Crippen LogP contribution < -0.4 is 4.74 Å². The Kier molecular flexibility index (Phi) is 3.47. The highest BCUT2D eigenvalue weighted by Gasteiger charge is 2.20. The molecule has 0 aliphatic heterocycles. The number of pyridine rings is 1. The number of benzene rings is 1. The normalized spacial score (nSPS) is 17.8. The van der Waals surface area contributed by atoms with E-state index in [1.807, 2.05) is 30.3 Å². The van der Waals surface area contributed by atoms with E-state index in [0.717, 1.165) is 41.7 Å². The molecule has 1 aliphatic rings. The summed E-state index contributed by atoms with van der Waals surface area (Å²) >= 11 is 0. The Hall–Kier alpha value is -1.87. The van der Waals surface area contributed by atoms with Gasteiger partial charge in [-0.25, -0.2) is 0 Å². The van der Waals surface area contributed by atoms with E-state index < -0.39 is 0 Å². The highest BCUT2D eigenvalue weighted by Crippen LogP contribution is 2.35. The van der Waals surface area contributed by atoms with E-state index in [4.69, 9.17) is 4.74 Å². The zero-order valence-corrected chi connectivity index (χ0v) is 10.7. The summed E-state index contributed by atoms with van der Waals surface area (Å²) in [6.07, 6.45) is 6.04. The zero-order valence-electron chi connectivity index (χ0n) is 10.7. The SMILES string of the molecule is OC1CCCc2c(OCc3ccncc3)cccc21. The fourth-order valence-electron chi connectivity index (χ4n) is 2.57. The van der Waals surface area contributed by atoms with Gasteiger partial charge in [0.05, 0.1) is 6.10 Å². The van der Waals surface area contributed by atoms with Crippen LogP contribution in [0.3, 0.4) is 0 Å². The highest BCUT2D eigenvalue weighted by atomic mass is 16.5. The maximum absolute atomic E-state index is 10.0. The maximum atomic E-state index is 10.0. The van der Waals surface area contributed by atoms with E-state index in [-0.39, 0.29) is 6.10 Å². The summed E-state index contributed by atoms with van der Waals surface area (Å²) in [7, 11) is 0. The van der Waals surface area contributed by atoms with Gasteiger partial charge < -0.3 is 9.84 Å². The van der Waals surface area contributed by atoms with Gasteiger partial charge in [-0.15, -0.1) is 0 Å². The van der Waals surface area contributed by atoms with Crippen molar-refractivity contribution in [2.75, 3.05) is 0 Å². The smallest absolute Gasteiger partial charge is 0.123 e. The summed E-state index contributed by atoms with van der Waals surface area (Å²) in [4.78, 5) is 3.99. The lowest BCUT2D eigenvalue weighted by molar-refractivity contribution is 0.155. The van der Waals surface area contributed by atoms with Crippen molar-refractivity contribution < 1.29 is 9.84 Å². The van der Waals surface area contributed by atoms with Crippen LogP contribution in [0.5, 0.6) is 5.75 Å². The lowest BCUT2D eigenvalue weighted by atomic mass is 9.89. The van der Waals surface area contributed by atoms with E-state index in [1.165, 1.54) is 0 Å². The first-order chi connectivity index (χ1) is 9.34. The number of hydrogen-bond acceptors (Lipinski definition) is 3. The topological polar surface area (TPSA) is 42.4 Å². The van der Waals surface area contributed by atoms with Crippen LogP contribution in [0.2, 0.25) is 0 Å². The second-order valence-electron chi connectivity index (χ2n) is 4.88. The van der Waals surface area contributed by atoms with Gasteiger partial charge in [0.15, 0.2) is 0 Å². The van der Waals surface area contributed by atoms with Gasteiger partial charge in [0.1, 0.15) is 12.4 Å². The second-order valence-corrected chi connectivity index (χ2v) is 4.88. The Labute approximate surface area is 112 Å². The van der Waals surface area contributed by atoms with E-state index in [2.05, 4.69) is 4.98 Å². The number of aromatic nitrogens is 1. The van der Waals surface area contributed by atoms with Gasteiger partial charge in [-0.2, -0.15) is 0 Å². The first-order valence-corrected chi connectivity index (χ1v) is 6.66. The molecule has 1 aromatic carbocycles. The van der Waals surface area contributed by atoms with Gasteiger partial charge in [-0.05, 0) is 54.2 Å². The minimum atomic E-state index is -0.340. The molecule has 0 bridgehead atoms. The number of aliphatic hydroxyl groups excluding tert-OH is 1. The van der Waals surface area contributed by atoms with Crippen LogP contribution in [0, 0.1) is 0 Å². The first-order valence-electron chi connectivity index (χ1n) is 6.66. The van der Waals surface area contributed by atoms with E-state index in [1.54, 1.807) is 12.4 Å². The molecule has 1 heterocycles. The Bertz CT molecular complexity index is 554. The summed E-state index contributed by atoms with van der Waals surface area (Å²) in [5.74, 6) is 0.896. The predicted octanol–water partition coefficient (Wildman–Crippen LogP) is 3.03. The van der Waals surface area contributed by atoms with Crippen molar-refractivity contribution >= 4 is 0 Å². The second kappa shape index (κ2) is 5.41.